The number of H-pyrrole nitrogens is 1. The summed E-state index contributed by atoms with van der Waals surface area (Å²) < 4.78 is 26.6. The van der Waals surface area contributed by atoms with Gasteiger partial charge in [0, 0.05) is 23.7 Å². The predicted molar refractivity (Wildman–Crippen MR) is 115 cm³/mol. The van der Waals surface area contributed by atoms with Gasteiger partial charge in [-0.1, -0.05) is 54.6 Å². The van der Waals surface area contributed by atoms with E-state index < -0.39 is 10.0 Å². The molecule has 3 aromatic rings. The van der Waals surface area contributed by atoms with Gasteiger partial charge in [-0.15, -0.1) is 0 Å². The van der Waals surface area contributed by atoms with Crippen LogP contribution in [0, 0.1) is 0 Å². The van der Waals surface area contributed by atoms with E-state index >= 15 is 0 Å². The van der Waals surface area contributed by atoms with Gasteiger partial charge >= 0.3 is 0 Å². The Morgan fingerprint density at radius 2 is 1.79 bits per heavy atom. The number of nitrogens with one attached hydrogen (secondary N) is 2. The van der Waals surface area contributed by atoms with Crippen LogP contribution in [0.3, 0.4) is 0 Å². The zero-order valence-corrected chi connectivity index (χ0v) is 17.1. The van der Waals surface area contributed by atoms with Crippen LogP contribution in [-0.2, 0) is 22.9 Å². The highest BCUT2D eigenvalue weighted by molar-refractivity contribution is 7.88. The molecule has 0 bridgehead atoms. The minimum Gasteiger partial charge on any atom is -0.329 e. The van der Waals surface area contributed by atoms with Gasteiger partial charge in [-0.25, -0.2) is 13.1 Å². The maximum atomic E-state index is 12.6. The topological polar surface area (TPSA) is 79.0 Å². The van der Waals surface area contributed by atoms with E-state index in [2.05, 4.69) is 34.0 Å². The van der Waals surface area contributed by atoms with Crippen LogP contribution in [0.15, 0.2) is 71.7 Å². The summed E-state index contributed by atoms with van der Waals surface area (Å²) >= 11 is 0. The minimum absolute atomic E-state index is 0.133. The second-order valence-corrected chi connectivity index (χ2v) is 9.44. The third-order valence-corrected chi connectivity index (χ3v) is 6.26. The third kappa shape index (κ3) is 4.49. The van der Waals surface area contributed by atoms with Crippen molar-refractivity contribution in [2.24, 2.45) is 0 Å². The van der Waals surface area contributed by atoms with Crippen molar-refractivity contribution in [1.29, 1.82) is 0 Å². The number of sulfonamides is 1. The van der Waals surface area contributed by atoms with Crippen LogP contribution in [0.2, 0.25) is 0 Å². The van der Waals surface area contributed by atoms with Crippen molar-refractivity contribution >= 4 is 10.0 Å². The number of aryl methyl sites for hydroxylation is 1. The minimum atomic E-state index is -3.38. The number of pyridine rings is 1. The summed E-state index contributed by atoms with van der Waals surface area (Å²) in [5.41, 5.74) is 4.88. The Morgan fingerprint density at radius 1 is 1.03 bits per heavy atom. The molecular weight excluding hydrogens is 384 g/mol. The summed E-state index contributed by atoms with van der Waals surface area (Å²) in [6.07, 6.45) is 4.79. The average molecular weight is 409 g/mol. The normalized spacial score (nSPS) is 18.9. The average Bonchev–Trinajstić information content (AvgIpc) is 2.70. The van der Waals surface area contributed by atoms with Gasteiger partial charge in [0.05, 0.1) is 6.26 Å². The number of hydrogen-bond donors (Lipinski definition) is 2. The fourth-order valence-electron chi connectivity index (χ4n) is 4.29. The molecule has 0 fully saturated rings. The summed E-state index contributed by atoms with van der Waals surface area (Å²) in [7, 11) is -3.38. The first-order valence-electron chi connectivity index (χ1n) is 9.73. The van der Waals surface area contributed by atoms with Crippen molar-refractivity contribution in [2.45, 2.75) is 31.2 Å². The molecule has 1 aliphatic carbocycles. The van der Waals surface area contributed by atoms with E-state index in [-0.39, 0.29) is 17.5 Å². The number of hydrogen-bond acceptors (Lipinski definition) is 3. The van der Waals surface area contributed by atoms with Crippen LogP contribution in [0.4, 0.5) is 0 Å². The Balaban J connectivity index is 1.72. The lowest BCUT2D eigenvalue weighted by molar-refractivity contribution is 0.427. The third-order valence-electron chi connectivity index (χ3n) is 5.53. The maximum Gasteiger partial charge on any atom is 0.251 e. The van der Waals surface area contributed by atoms with Gasteiger partial charge in [-0.2, -0.15) is 0 Å². The first-order chi connectivity index (χ1) is 13.9. The molecule has 1 heterocycles. The van der Waals surface area contributed by atoms with E-state index in [1.807, 2.05) is 36.4 Å². The molecule has 0 amide bonds. The molecule has 0 spiro atoms. The molecule has 0 saturated heterocycles. The van der Waals surface area contributed by atoms with Crippen LogP contribution < -0.4 is 10.3 Å². The molecule has 0 radical (unpaired) electrons. The van der Waals surface area contributed by atoms with Crippen LogP contribution >= 0.6 is 0 Å². The fourth-order valence-corrected chi connectivity index (χ4v) is 5.12. The number of aromatic amines is 1. The Bertz CT molecular complexity index is 1170. The molecule has 0 saturated carbocycles. The molecule has 6 heteroatoms. The Hall–Kier alpha value is -2.70. The molecule has 1 aromatic heterocycles. The van der Waals surface area contributed by atoms with Gasteiger partial charge in [-0.05, 0) is 47.6 Å². The van der Waals surface area contributed by atoms with Crippen LogP contribution in [0.5, 0.6) is 0 Å². The quantitative estimate of drug-likeness (QED) is 0.680. The van der Waals surface area contributed by atoms with Crippen molar-refractivity contribution in [2.75, 3.05) is 6.26 Å². The summed E-state index contributed by atoms with van der Waals surface area (Å²) in [4.78, 5) is 15.4. The largest absolute Gasteiger partial charge is 0.329 e. The molecule has 29 heavy (non-hydrogen) atoms. The highest BCUT2D eigenvalue weighted by atomic mass is 32.2. The van der Waals surface area contributed by atoms with Gasteiger partial charge < -0.3 is 4.98 Å². The van der Waals surface area contributed by atoms with Crippen LogP contribution in [0.1, 0.15) is 29.0 Å². The van der Waals surface area contributed by atoms with Gasteiger partial charge in [0.1, 0.15) is 0 Å². The zero-order valence-electron chi connectivity index (χ0n) is 16.3. The summed E-state index contributed by atoms with van der Waals surface area (Å²) in [5, 5.41) is 0. The van der Waals surface area contributed by atoms with Gasteiger partial charge in [0.2, 0.25) is 10.0 Å². The van der Waals surface area contributed by atoms with E-state index in [1.54, 1.807) is 6.20 Å². The summed E-state index contributed by atoms with van der Waals surface area (Å²) in [6.45, 7) is 0. The van der Waals surface area contributed by atoms with Crippen molar-refractivity contribution in [3.8, 4) is 11.1 Å². The molecule has 1 aliphatic rings. The lowest BCUT2D eigenvalue weighted by Gasteiger charge is -2.33. The monoisotopic (exact) mass is 408 g/mol. The fraction of sp³-hybridized carbons (Fsp3) is 0.261. The molecule has 2 N–H and O–H groups in total. The number of fused-ring (bicyclic) bond motifs is 1. The van der Waals surface area contributed by atoms with E-state index in [0.717, 1.165) is 22.3 Å². The predicted octanol–water partition coefficient (Wildman–Crippen LogP) is 3.23. The molecule has 0 aliphatic heterocycles. The Kier molecular flexibility index (Phi) is 5.39. The summed E-state index contributed by atoms with van der Waals surface area (Å²) in [5.74, 6) is -0.218. The number of benzene rings is 2. The molecule has 4 rings (SSSR count). The first-order valence-corrected chi connectivity index (χ1v) is 11.6. The van der Waals surface area contributed by atoms with Crippen LogP contribution in [-0.4, -0.2) is 25.7 Å². The SMILES string of the molecule is CS(=O)(=O)NC1CCc2cc[nH]c(=O)c2C1Cc1cccc(-c2ccccc2)c1. The molecular formula is C23H24N2O3S. The Morgan fingerprint density at radius 3 is 2.55 bits per heavy atom. The van der Waals surface area contributed by atoms with Crippen molar-refractivity contribution in [1.82, 2.24) is 9.71 Å². The molecule has 150 valence electrons. The zero-order chi connectivity index (χ0) is 20.4. The van der Waals surface area contributed by atoms with E-state index in [1.165, 1.54) is 6.26 Å². The van der Waals surface area contributed by atoms with E-state index in [0.29, 0.717) is 24.8 Å². The van der Waals surface area contributed by atoms with E-state index in [4.69, 9.17) is 0 Å². The molecule has 2 aromatic carbocycles. The number of aromatic nitrogens is 1. The van der Waals surface area contributed by atoms with Crippen molar-refractivity contribution < 1.29 is 8.42 Å². The van der Waals surface area contributed by atoms with Crippen molar-refractivity contribution in [3.05, 3.63) is 93.9 Å². The van der Waals surface area contributed by atoms with E-state index in [9.17, 15) is 13.2 Å². The van der Waals surface area contributed by atoms with Crippen LogP contribution in [0.25, 0.3) is 11.1 Å². The lowest BCUT2D eigenvalue weighted by atomic mass is 9.77. The van der Waals surface area contributed by atoms with Gasteiger partial charge in [-0.3, -0.25) is 4.79 Å². The lowest BCUT2D eigenvalue weighted by Crippen LogP contribution is -2.44. The second-order valence-electron chi connectivity index (χ2n) is 7.66. The highest BCUT2D eigenvalue weighted by Gasteiger charge is 2.33. The second kappa shape index (κ2) is 7.97. The molecule has 2 unspecified atom stereocenters. The summed E-state index contributed by atoms with van der Waals surface area (Å²) in [6, 6.07) is 20.0. The number of rotatable bonds is 5. The molecule has 5 nitrogen and oxygen atoms in total. The smallest absolute Gasteiger partial charge is 0.251 e. The highest BCUT2D eigenvalue weighted by Crippen LogP contribution is 2.33. The van der Waals surface area contributed by atoms with Gasteiger partial charge in [0.15, 0.2) is 0 Å². The standard InChI is InChI=1S/C23H24N2O3S/c1-29(27,28)25-21-11-10-18-12-13-24-23(26)22(18)20(21)15-16-6-5-9-19(14-16)17-7-3-2-4-8-17/h2-9,12-14,20-21,25H,10-11,15H2,1H3,(H,24,26). The maximum absolute atomic E-state index is 12.6. The molecule has 2 atom stereocenters. The Labute approximate surface area is 170 Å². The van der Waals surface area contributed by atoms with Crippen molar-refractivity contribution in [3.63, 3.8) is 0 Å². The first kappa shape index (κ1) is 19.6. The van der Waals surface area contributed by atoms with Gasteiger partial charge in [0.25, 0.3) is 5.56 Å².